The fourth-order valence-corrected chi connectivity index (χ4v) is 6.08. The van der Waals surface area contributed by atoms with Crippen LogP contribution in [0.2, 0.25) is 0 Å². The second kappa shape index (κ2) is 8.18. The summed E-state index contributed by atoms with van der Waals surface area (Å²) in [6.07, 6.45) is 9.32. The molecule has 1 aliphatic heterocycles. The van der Waals surface area contributed by atoms with Crippen LogP contribution in [0.3, 0.4) is 0 Å². The first kappa shape index (κ1) is 19.9. The monoisotopic (exact) mass is 384 g/mol. The summed E-state index contributed by atoms with van der Waals surface area (Å²) >= 11 is 0. The predicted octanol–water partition coefficient (Wildman–Crippen LogP) is 5.31. The Hall–Kier alpha value is -1.35. The van der Waals surface area contributed by atoms with Crippen molar-refractivity contribution in [3.63, 3.8) is 0 Å². The smallest absolute Gasteiger partial charge is 0.223 e. The summed E-state index contributed by atoms with van der Waals surface area (Å²) in [7, 11) is 0. The first-order chi connectivity index (χ1) is 13.5. The van der Waals surface area contributed by atoms with Crippen molar-refractivity contribution in [1.29, 1.82) is 0 Å². The summed E-state index contributed by atoms with van der Waals surface area (Å²) in [5.74, 6) is 2.02. The Labute approximate surface area is 172 Å². The third-order valence-corrected chi connectivity index (χ3v) is 7.91. The first-order valence-corrected chi connectivity index (χ1v) is 11.6. The van der Waals surface area contributed by atoms with E-state index in [4.69, 9.17) is 0 Å². The molecule has 1 spiro atoms. The van der Waals surface area contributed by atoms with Gasteiger partial charge in [0.25, 0.3) is 0 Å². The van der Waals surface area contributed by atoms with Gasteiger partial charge in [-0.05, 0) is 55.3 Å². The molecule has 1 heterocycles. The summed E-state index contributed by atoms with van der Waals surface area (Å²) in [4.78, 5) is 15.1. The van der Waals surface area contributed by atoms with Gasteiger partial charge in [-0.25, -0.2) is 0 Å². The minimum Gasteiger partial charge on any atom is -0.349 e. The third-order valence-electron chi connectivity index (χ3n) is 7.91. The number of piperidine rings is 1. The quantitative estimate of drug-likeness (QED) is 0.746. The molecule has 1 aromatic rings. The number of fused-ring (bicyclic) bond motifs is 2. The summed E-state index contributed by atoms with van der Waals surface area (Å²) in [5.41, 5.74) is 3.13. The van der Waals surface area contributed by atoms with Gasteiger partial charge in [-0.15, -0.1) is 0 Å². The Bertz CT molecular complexity index is 690. The lowest BCUT2D eigenvalue weighted by atomic mass is 9.73. The van der Waals surface area contributed by atoms with Gasteiger partial charge in [-0.3, -0.25) is 4.79 Å². The SMILES string of the molecule is CC(C)C(=O)N[C@H]1CC2(CCN(C[C@@H](C)C3CCCC3)CC2)c2ccccc21.[HH]. The zero-order valence-corrected chi connectivity index (χ0v) is 18.0. The van der Waals surface area contributed by atoms with Gasteiger partial charge in [0.1, 0.15) is 0 Å². The zero-order chi connectivity index (χ0) is 19.7. The van der Waals surface area contributed by atoms with Crippen LogP contribution < -0.4 is 5.32 Å². The number of hydrogen-bond donors (Lipinski definition) is 1. The molecular weight excluding hydrogens is 344 g/mol. The normalized spacial score (nSPS) is 25.9. The van der Waals surface area contributed by atoms with Crippen LogP contribution in [0.1, 0.15) is 84.3 Å². The van der Waals surface area contributed by atoms with Crippen molar-refractivity contribution in [1.82, 2.24) is 10.2 Å². The number of carbonyl (C=O) groups is 1. The number of nitrogens with zero attached hydrogens (tertiary/aromatic N) is 1. The molecule has 28 heavy (non-hydrogen) atoms. The molecule has 1 aromatic carbocycles. The topological polar surface area (TPSA) is 32.3 Å². The summed E-state index contributed by atoms with van der Waals surface area (Å²) in [6, 6.07) is 9.07. The maximum absolute atomic E-state index is 12.4. The fraction of sp³-hybridized carbons (Fsp3) is 0.720. The van der Waals surface area contributed by atoms with Crippen molar-refractivity contribution >= 4 is 5.91 Å². The molecule has 0 radical (unpaired) electrons. The van der Waals surface area contributed by atoms with Gasteiger partial charge in [0, 0.05) is 19.3 Å². The molecule has 3 nitrogen and oxygen atoms in total. The van der Waals surface area contributed by atoms with Gasteiger partial charge in [0.15, 0.2) is 0 Å². The van der Waals surface area contributed by atoms with Crippen LogP contribution in [0, 0.1) is 17.8 Å². The first-order valence-electron chi connectivity index (χ1n) is 11.6. The maximum atomic E-state index is 12.4. The Morgan fingerprint density at radius 2 is 1.86 bits per heavy atom. The largest absolute Gasteiger partial charge is 0.349 e. The molecule has 0 unspecified atom stereocenters. The average molecular weight is 385 g/mol. The van der Waals surface area contributed by atoms with Gasteiger partial charge in [-0.2, -0.15) is 0 Å². The van der Waals surface area contributed by atoms with E-state index in [9.17, 15) is 4.79 Å². The summed E-state index contributed by atoms with van der Waals surface area (Å²) in [5, 5.41) is 3.33. The van der Waals surface area contributed by atoms with Crippen molar-refractivity contribution in [2.24, 2.45) is 17.8 Å². The molecule has 0 bridgehead atoms. The van der Waals surface area contributed by atoms with Gasteiger partial charge in [0.2, 0.25) is 5.91 Å². The molecule has 2 aliphatic carbocycles. The number of nitrogens with one attached hydrogen (secondary N) is 1. The highest BCUT2D eigenvalue weighted by Gasteiger charge is 2.45. The number of amides is 1. The number of carbonyl (C=O) groups excluding carboxylic acids is 1. The van der Waals surface area contributed by atoms with Crippen molar-refractivity contribution in [2.45, 2.75) is 77.2 Å². The van der Waals surface area contributed by atoms with Crippen LogP contribution in [0.4, 0.5) is 0 Å². The van der Waals surface area contributed by atoms with Crippen molar-refractivity contribution in [3.8, 4) is 0 Å². The van der Waals surface area contributed by atoms with E-state index >= 15 is 0 Å². The molecule has 1 saturated heterocycles. The maximum Gasteiger partial charge on any atom is 0.223 e. The highest BCUT2D eigenvalue weighted by molar-refractivity contribution is 5.78. The molecule has 4 rings (SSSR count). The van der Waals surface area contributed by atoms with Crippen LogP contribution in [0.15, 0.2) is 24.3 Å². The molecule has 0 aromatic heterocycles. The highest BCUT2D eigenvalue weighted by Crippen LogP contribution is 2.51. The van der Waals surface area contributed by atoms with E-state index < -0.39 is 0 Å². The summed E-state index contributed by atoms with van der Waals surface area (Å²) in [6.45, 7) is 10.1. The van der Waals surface area contributed by atoms with E-state index in [1.807, 2.05) is 13.8 Å². The zero-order valence-electron chi connectivity index (χ0n) is 18.0. The lowest BCUT2D eigenvalue weighted by molar-refractivity contribution is -0.124. The predicted molar refractivity (Wildman–Crippen MR) is 117 cm³/mol. The minimum atomic E-state index is 0. The van der Waals surface area contributed by atoms with Crippen LogP contribution in [0.25, 0.3) is 0 Å². The van der Waals surface area contributed by atoms with Gasteiger partial charge < -0.3 is 10.2 Å². The molecule has 1 saturated carbocycles. The molecule has 2 atom stereocenters. The van der Waals surface area contributed by atoms with E-state index in [0.29, 0.717) is 0 Å². The van der Waals surface area contributed by atoms with Gasteiger partial charge >= 0.3 is 0 Å². The van der Waals surface area contributed by atoms with Crippen LogP contribution in [-0.4, -0.2) is 30.4 Å². The Balaban J connectivity index is 0.00000240. The number of hydrogen-bond acceptors (Lipinski definition) is 2. The van der Waals surface area contributed by atoms with Crippen molar-refractivity contribution in [3.05, 3.63) is 35.4 Å². The van der Waals surface area contributed by atoms with E-state index in [-0.39, 0.29) is 24.7 Å². The average Bonchev–Trinajstić information content (AvgIpc) is 3.32. The molecule has 156 valence electrons. The lowest BCUT2D eigenvalue weighted by Gasteiger charge is -2.41. The van der Waals surface area contributed by atoms with Crippen molar-refractivity contribution in [2.75, 3.05) is 19.6 Å². The van der Waals surface area contributed by atoms with Crippen LogP contribution in [0.5, 0.6) is 0 Å². The molecule has 1 amide bonds. The van der Waals surface area contributed by atoms with E-state index in [1.54, 1.807) is 0 Å². The van der Waals surface area contributed by atoms with Crippen molar-refractivity contribution < 1.29 is 6.22 Å². The minimum absolute atomic E-state index is 0. The third kappa shape index (κ3) is 3.87. The number of benzene rings is 1. The summed E-state index contributed by atoms with van der Waals surface area (Å²) < 4.78 is 0. The molecular formula is C25H40N2O. The van der Waals surface area contributed by atoms with Crippen LogP contribution >= 0.6 is 0 Å². The molecule has 3 aliphatic rings. The molecule has 1 N–H and O–H groups in total. The Morgan fingerprint density at radius 3 is 2.54 bits per heavy atom. The standard InChI is InChI=1S/C25H38N2O.H2/c1-18(2)24(28)26-23-16-25(22-11-7-6-10-21(22)23)12-14-27(15-13-25)17-19(3)20-8-4-5-9-20;/h6-7,10-11,18-20,23H,4-5,8-9,12-17H2,1-3H3,(H,26,28);1H/t19-,23+;/m1./s1. The lowest BCUT2D eigenvalue weighted by Crippen LogP contribution is -2.44. The second-order valence-electron chi connectivity index (χ2n) is 10.1. The number of rotatable bonds is 5. The number of likely N-dealkylation sites (tertiary alicyclic amines) is 1. The van der Waals surface area contributed by atoms with E-state index in [1.165, 1.54) is 69.3 Å². The van der Waals surface area contributed by atoms with Gasteiger partial charge in [0.05, 0.1) is 6.04 Å². The second-order valence-corrected chi connectivity index (χ2v) is 10.1. The van der Waals surface area contributed by atoms with Crippen LogP contribution in [-0.2, 0) is 10.2 Å². The van der Waals surface area contributed by atoms with E-state index in [0.717, 1.165) is 18.3 Å². The Morgan fingerprint density at radius 1 is 1.18 bits per heavy atom. The highest BCUT2D eigenvalue weighted by atomic mass is 16.1. The fourth-order valence-electron chi connectivity index (χ4n) is 6.08. The Kier molecular flexibility index (Phi) is 5.83. The molecule has 2 fully saturated rings. The molecule has 3 heteroatoms. The van der Waals surface area contributed by atoms with Gasteiger partial charge in [-0.1, -0.05) is 70.7 Å². The van der Waals surface area contributed by atoms with E-state index in [2.05, 4.69) is 41.4 Å².